The molecule has 0 aromatic heterocycles. The fourth-order valence-electron chi connectivity index (χ4n) is 1.82. The molecule has 6 heteroatoms. The van der Waals surface area contributed by atoms with Gasteiger partial charge in [0, 0.05) is 22.6 Å². The van der Waals surface area contributed by atoms with Crippen LogP contribution >= 0.6 is 23.4 Å². The zero-order valence-corrected chi connectivity index (χ0v) is 14.1. The summed E-state index contributed by atoms with van der Waals surface area (Å²) < 4.78 is 22.8. The van der Waals surface area contributed by atoms with Crippen LogP contribution in [0.1, 0.15) is 5.56 Å². The quantitative estimate of drug-likeness (QED) is 0.902. The first-order chi connectivity index (χ1) is 9.90. The van der Waals surface area contributed by atoms with Crippen LogP contribution in [0.3, 0.4) is 0 Å². The molecule has 0 amide bonds. The molecule has 2 aromatic rings. The van der Waals surface area contributed by atoms with Crippen LogP contribution in [0.15, 0.2) is 57.2 Å². The van der Waals surface area contributed by atoms with Gasteiger partial charge in [0.15, 0.2) is 9.84 Å². The van der Waals surface area contributed by atoms with Gasteiger partial charge >= 0.3 is 0 Å². The van der Waals surface area contributed by atoms with Crippen LogP contribution in [0.5, 0.6) is 0 Å². The molecular formula is C15H16ClNO2S2. The molecule has 0 aliphatic heterocycles. The molecule has 0 aliphatic carbocycles. The molecule has 0 saturated carbocycles. The number of sulfone groups is 1. The van der Waals surface area contributed by atoms with Gasteiger partial charge < -0.3 is 5.32 Å². The number of nitrogens with one attached hydrogen (secondary N) is 1. The molecule has 2 rings (SSSR count). The van der Waals surface area contributed by atoms with E-state index in [1.165, 1.54) is 18.0 Å². The highest BCUT2D eigenvalue weighted by molar-refractivity contribution is 7.99. The molecule has 112 valence electrons. The molecule has 3 nitrogen and oxygen atoms in total. The van der Waals surface area contributed by atoms with Gasteiger partial charge in [-0.25, -0.2) is 8.42 Å². The smallest absolute Gasteiger partial charge is 0.175 e. The summed E-state index contributed by atoms with van der Waals surface area (Å²) >= 11 is 7.79. The number of halogens is 1. The molecule has 0 fully saturated rings. The third kappa shape index (κ3) is 4.48. The van der Waals surface area contributed by atoms with E-state index in [0.29, 0.717) is 9.92 Å². The molecule has 0 spiro atoms. The molecule has 1 N–H and O–H groups in total. The van der Waals surface area contributed by atoms with Gasteiger partial charge in [0.2, 0.25) is 0 Å². The topological polar surface area (TPSA) is 46.2 Å². The highest BCUT2D eigenvalue weighted by Crippen LogP contribution is 2.34. The molecule has 21 heavy (non-hydrogen) atoms. The monoisotopic (exact) mass is 341 g/mol. The van der Waals surface area contributed by atoms with Crippen molar-refractivity contribution in [2.45, 2.75) is 21.2 Å². The fourth-order valence-corrected chi connectivity index (χ4v) is 3.59. The summed E-state index contributed by atoms with van der Waals surface area (Å²) in [5.74, 6) is 0. The Kier molecular flexibility index (Phi) is 5.32. The highest BCUT2D eigenvalue weighted by Gasteiger charge is 2.08. The first kappa shape index (κ1) is 16.4. The van der Waals surface area contributed by atoms with Crippen LogP contribution < -0.4 is 5.32 Å². The average molecular weight is 342 g/mol. The van der Waals surface area contributed by atoms with E-state index in [4.69, 9.17) is 11.6 Å². The van der Waals surface area contributed by atoms with Crippen molar-refractivity contribution in [3.8, 4) is 0 Å². The summed E-state index contributed by atoms with van der Waals surface area (Å²) in [7, 11) is -1.27. The summed E-state index contributed by atoms with van der Waals surface area (Å²) in [5, 5.41) is 3.77. The largest absolute Gasteiger partial charge is 0.316 e. The number of hydrogen-bond acceptors (Lipinski definition) is 4. The minimum absolute atomic E-state index is 0.322. The molecular weight excluding hydrogens is 326 g/mol. The molecule has 0 saturated heterocycles. The van der Waals surface area contributed by atoms with Gasteiger partial charge in [0.1, 0.15) is 0 Å². The molecule has 0 heterocycles. The Bertz CT molecular complexity index is 728. The van der Waals surface area contributed by atoms with Crippen molar-refractivity contribution in [2.75, 3.05) is 13.3 Å². The predicted molar refractivity (Wildman–Crippen MR) is 87.9 cm³/mol. The van der Waals surface area contributed by atoms with Crippen molar-refractivity contribution in [1.82, 2.24) is 5.32 Å². The second-order valence-electron chi connectivity index (χ2n) is 4.64. The van der Waals surface area contributed by atoms with Gasteiger partial charge in [-0.15, -0.1) is 0 Å². The lowest BCUT2D eigenvalue weighted by atomic mass is 10.2. The SMILES string of the molecule is CNCc1ccc(Sc2ccc(S(C)(=O)=O)cc2)c(Cl)c1. The third-order valence-electron chi connectivity index (χ3n) is 2.86. The van der Waals surface area contributed by atoms with Gasteiger partial charge in [0.25, 0.3) is 0 Å². The molecule has 0 bridgehead atoms. The van der Waals surface area contributed by atoms with Crippen molar-refractivity contribution in [3.63, 3.8) is 0 Å². The number of benzene rings is 2. The Morgan fingerprint density at radius 1 is 1.14 bits per heavy atom. The van der Waals surface area contributed by atoms with Crippen LogP contribution in [0.25, 0.3) is 0 Å². The number of rotatable bonds is 5. The van der Waals surface area contributed by atoms with Gasteiger partial charge in [-0.05, 0) is 49.0 Å². The Labute approximate surface area is 134 Å². The van der Waals surface area contributed by atoms with Crippen molar-refractivity contribution in [3.05, 3.63) is 53.1 Å². The maximum atomic E-state index is 11.4. The molecule has 0 aliphatic rings. The lowest BCUT2D eigenvalue weighted by molar-refractivity contribution is 0.602. The van der Waals surface area contributed by atoms with E-state index in [9.17, 15) is 8.42 Å². The Hall–Kier alpha value is -1.01. The summed E-state index contributed by atoms with van der Waals surface area (Å²) in [4.78, 5) is 2.22. The Balaban J connectivity index is 2.18. The van der Waals surface area contributed by atoms with E-state index < -0.39 is 9.84 Å². The molecule has 0 atom stereocenters. The van der Waals surface area contributed by atoms with Gasteiger partial charge in [-0.2, -0.15) is 0 Å². The van der Waals surface area contributed by atoms with Gasteiger partial charge in [0.05, 0.1) is 9.92 Å². The van der Waals surface area contributed by atoms with Crippen LogP contribution in [0.4, 0.5) is 0 Å². The van der Waals surface area contributed by atoms with Crippen molar-refractivity contribution >= 4 is 33.2 Å². The summed E-state index contributed by atoms with van der Waals surface area (Å²) in [6.45, 7) is 0.772. The lowest BCUT2D eigenvalue weighted by Gasteiger charge is -2.07. The fraction of sp³-hybridized carbons (Fsp3) is 0.200. The number of hydrogen-bond donors (Lipinski definition) is 1. The average Bonchev–Trinajstić information content (AvgIpc) is 2.42. The van der Waals surface area contributed by atoms with Crippen molar-refractivity contribution in [2.24, 2.45) is 0 Å². The predicted octanol–water partition coefficient (Wildman–Crippen LogP) is 3.61. The summed E-state index contributed by atoms with van der Waals surface area (Å²) in [5.41, 5.74) is 1.12. The van der Waals surface area contributed by atoms with Crippen LogP contribution in [-0.4, -0.2) is 21.7 Å². The molecule has 0 unspecified atom stereocenters. The van der Waals surface area contributed by atoms with Gasteiger partial charge in [-0.1, -0.05) is 29.4 Å². The molecule has 0 radical (unpaired) electrons. The Morgan fingerprint density at radius 3 is 2.33 bits per heavy atom. The second-order valence-corrected chi connectivity index (χ2v) is 8.18. The minimum atomic E-state index is -3.15. The van der Waals surface area contributed by atoms with E-state index in [0.717, 1.165) is 21.9 Å². The van der Waals surface area contributed by atoms with Crippen LogP contribution in [0, 0.1) is 0 Å². The Morgan fingerprint density at radius 2 is 1.81 bits per heavy atom. The summed E-state index contributed by atoms with van der Waals surface area (Å²) in [6, 6.07) is 12.7. The van der Waals surface area contributed by atoms with Crippen molar-refractivity contribution in [1.29, 1.82) is 0 Å². The van der Waals surface area contributed by atoms with E-state index >= 15 is 0 Å². The normalized spacial score (nSPS) is 11.6. The van der Waals surface area contributed by atoms with E-state index in [-0.39, 0.29) is 0 Å². The van der Waals surface area contributed by atoms with E-state index in [1.807, 2.05) is 25.2 Å². The first-order valence-corrected chi connectivity index (χ1v) is 9.40. The highest BCUT2D eigenvalue weighted by atomic mass is 35.5. The van der Waals surface area contributed by atoms with E-state index in [1.54, 1.807) is 24.3 Å². The zero-order chi connectivity index (χ0) is 15.5. The van der Waals surface area contributed by atoms with E-state index in [2.05, 4.69) is 5.32 Å². The van der Waals surface area contributed by atoms with Gasteiger partial charge in [-0.3, -0.25) is 0 Å². The first-order valence-electron chi connectivity index (χ1n) is 6.31. The van der Waals surface area contributed by atoms with Crippen LogP contribution in [0.2, 0.25) is 5.02 Å². The summed E-state index contributed by atoms with van der Waals surface area (Å²) in [6.07, 6.45) is 1.20. The zero-order valence-electron chi connectivity index (χ0n) is 11.8. The molecule has 2 aromatic carbocycles. The van der Waals surface area contributed by atoms with Crippen LogP contribution in [-0.2, 0) is 16.4 Å². The third-order valence-corrected chi connectivity index (χ3v) is 5.49. The standard InChI is InChI=1S/C15H16ClNO2S2/c1-17-10-11-3-8-15(14(16)9-11)20-12-4-6-13(7-5-12)21(2,18)19/h3-9,17H,10H2,1-2H3. The minimum Gasteiger partial charge on any atom is -0.316 e. The second kappa shape index (κ2) is 6.83. The maximum Gasteiger partial charge on any atom is 0.175 e. The lowest BCUT2D eigenvalue weighted by Crippen LogP contribution is -2.04. The van der Waals surface area contributed by atoms with Crippen molar-refractivity contribution < 1.29 is 8.42 Å². The maximum absolute atomic E-state index is 11.4.